The van der Waals surface area contributed by atoms with Crippen LogP contribution in [0.1, 0.15) is 6.42 Å². The quantitative estimate of drug-likeness (QED) is 0.596. The summed E-state index contributed by atoms with van der Waals surface area (Å²) in [6.45, 7) is 0.556. The van der Waals surface area contributed by atoms with E-state index in [1.807, 2.05) is 6.07 Å². The van der Waals surface area contributed by atoms with Gasteiger partial charge in [-0.3, -0.25) is 0 Å². The summed E-state index contributed by atoms with van der Waals surface area (Å²) < 4.78 is 0. The van der Waals surface area contributed by atoms with Crippen molar-refractivity contribution in [3.63, 3.8) is 0 Å². The van der Waals surface area contributed by atoms with E-state index >= 15 is 0 Å². The normalized spacial score (nSPS) is 9.45. The Morgan fingerprint density at radius 2 is 2.45 bits per heavy atom. The van der Waals surface area contributed by atoms with Crippen LogP contribution in [0.15, 0.2) is 12.3 Å². The minimum Gasteiger partial charge on any atom is -0.478 e. The zero-order valence-electron chi connectivity index (χ0n) is 6.32. The molecule has 11 heavy (non-hydrogen) atoms. The summed E-state index contributed by atoms with van der Waals surface area (Å²) in [6, 6.07) is 1.96. The van der Waals surface area contributed by atoms with E-state index in [0.717, 1.165) is 6.08 Å². The molecular formula is C7H10N2O2. The van der Waals surface area contributed by atoms with Gasteiger partial charge in [-0.2, -0.15) is 5.26 Å². The van der Waals surface area contributed by atoms with Crippen molar-refractivity contribution in [2.75, 3.05) is 13.6 Å². The minimum atomic E-state index is -0.978. The van der Waals surface area contributed by atoms with Crippen molar-refractivity contribution in [1.29, 1.82) is 5.26 Å². The maximum absolute atomic E-state index is 10.00. The van der Waals surface area contributed by atoms with E-state index in [0.29, 0.717) is 13.0 Å². The summed E-state index contributed by atoms with van der Waals surface area (Å²) in [5.74, 6) is -0.978. The Kier molecular flexibility index (Phi) is 4.58. The third-order valence-electron chi connectivity index (χ3n) is 1.05. The lowest BCUT2D eigenvalue weighted by Gasteiger charge is -2.09. The van der Waals surface area contributed by atoms with Crippen LogP contribution in [0.4, 0.5) is 0 Å². The first kappa shape index (κ1) is 9.50. The van der Waals surface area contributed by atoms with Crippen LogP contribution in [-0.4, -0.2) is 29.6 Å². The topological polar surface area (TPSA) is 64.3 Å². The number of rotatable bonds is 4. The molecule has 0 aromatic heterocycles. The molecule has 0 rings (SSSR count). The van der Waals surface area contributed by atoms with Gasteiger partial charge in [-0.15, -0.1) is 0 Å². The van der Waals surface area contributed by atoms with E-state index in [1.165, 1.54) is 6.20 Å². The van der Waals surface area contributed by atoms with Crippen molar-refractivity contribution < 1.29 is 9.90 Å². The molecule has 1 N–H and O–H groups in total. The minimum absolute atomic E-state index is 0.403. The molecule has 0 aromatic carbocycles. The summed E-state index contributed by atoms with van der Waals surface area (Å²) in [5, 5.41) is 16.4. The highest BCUT2D eigenvalue weighted by Gasteiger charge is 1.90. The van der Waals surface area contributed by atoms with E-state index in [9.17, 15) is 4.79 Å². The van der Waals surface area contributed by atoms with Gasteiger partial charge in [0.2, 0.25) is 0 Å². The lowest BCUT2D eigenvalue weighted by atomic mass is 10.4. The summed E-state index contributed by atoms with van der Waals surface area (Å²) in [7, 11) is 1.72. The van der Waals surface area contributed by atoms with Gasteiger partial charge in [-0.25, -0.2) is 4.79 Å². The van der Waals surface area contributed by atoms with Crippen molar-refractivity contribution in [3.8, 4) is 6.07 Å². The van der Waals surface area contributed by atoms with Gasteiger partial charge in [0.25, 0.3) is 0 Å². The van der Waals surface area contributed by atoms with Crippen LogP contribution in [-0.2, 0) is 4.79 Å². The van der Waals surface area contributed by atoms with E-state index in [4.69, 9.17) is 10.4 Å². The lowest BCUT2D eigenvalue weighted by molar-refractivity contribution is -0.131. The van der Waals surface area contributed by atoms with Crippen molar-refractivity contribution in [1.82, 2.24) is 4.90 Å². The zero-order valence-corrected chi connectivity index (χ0v) is 6.32. The fourth-order valence-corrected chi connectivity index (χ4v) is 0.492. The van der Waals surface area contributed by atoms with Gasteiger partial charge in [-0.1, -0.05) is 0 Å². The molecule has 0 fully saturated rings. The van der Waals surface area contributed by atoms with Crippen LogP contribution < -0.4 is 0 Å². The maximum Gasteiger partial charge on any atom is 0.329 e. The molecule has 0 bridgehead atoms. The monoisotopic (exact) mass is 154 g/mol. The van der Waals surface area contributed by atoms with Gasteiger partial charge in [0.05, 0.1) is 12.5 Å². The van der Waals surface area contributed by atoms with Gasteiger partial charge in [0, 0.05) is 25.9 Å². The van der Waals surface area contributed by atoms with Gasteiger partial charge in [-0.05, 0) is 0 Å². The molecule has 0 heterocycles. The molecular weight excluding hydrogens is 144 g/mol. The Bertz CT molecular complexity index is 193. The Hall–Kier alpha value is -1.50. The van der Waals surface area contributed by atoms with Crippen LogP contribution in [0.3, 0.4) is 0 Å². The highest BCUT2D eigenvalue weighted by Crippen LogP contribution is 1.86. The number of carboxylic acid groups (broad SMARTS) is 1. The molecule has 0 saturated carbocycles. The third kappa shape index (κ3) is 6.38. The van der Waals surface area contributed by atoms with Crippen LogP contribution in [0.2, 0.25) is 0 Å². The SMILES string of the molecule is CN(C=CC(=O)O)CCC#N. The van der Waals surface area contributed by atoms with Crippen molar-refractivity contribution in [2.45, 2.75) is 6.42 Å². The summed E-state index contributed by atoms with van der Waals surface area (Å²) in [4.78, 5) is 11.6. The Balaban J connectivity index is 3.61. The summed E-state index contributed by atoms with van der Waals surface area (Å²) in [6.07, 6.45) is 2.87. The average molecular weight is 154 g/mol. The molecule has 0 radical (unpaired) electrons. The molecule has 0 amide bonds. The molecule has 0 aliphatic heterocycles. The number of aliphatic carboxylic acids is 1. The van der Waals surface area contributed by atoms with Crippen molar-refractivity contribution in [2.24, 2.45) is 0 Å². The fraction of sp³-hybridized carbons (Fsp3) is 0.429. The van der Waals surface area contributed by atoms with Gasteiger partial charge in [0.15, 0.2) is 0 Å². The number of nitrogens with zero attached hydrogens (tertiary/aromatic N) is 2. The number of hydrogen-bond acceptors (Lipinski definition) is 3. The van der Waals surface area contributed by atoms with E-state index in [-0.39, 0.29) is 0 Å². The second-order valence-corrected chi connectivity index (χ2v) is 2.04. The molecule has 0 atom stereocenters. The number of hydrogen-bond donors (Lipinski definition) is 1. The molecule has 0 spiro atoms. The van der Waals surface area contributed by atoms with E-state index in [2.05, 4.69) is 0 Å². The number of carbonyl (C=O) groups is 1. The van der Waals surface area contributed by atoms with Gasteiger partial charge >= 0.3 is 5.97 Å². The maximum atomic E-state index is 10.00. The molecule has 0 aromatic rings. The predicted molar refractivity (Wildman–Crippen MR) is 39.6 cm³/mol. The largest absolute Gasteiger partial charge is 0.478 e. The zero-order chi connectivity index (χ0) is 8.69. The van der Waals surface area contributed by atoms with E-state index in [1.54, 1.807) is 11.9 Å². The third-order valence-corrected chi connectivity index (χ3v) is 1.05. The summed E-state index contributed by atoms with van der Waals surface area (Å²) >= 11 is 0. The standard InChI is InChI=1S/C7H10N2O2/c1-9(5-2-4-8)6-3-7(10)11/h3,6H,2,5H2,1H3,(H,10,11). The van der Waals surface area contributed by atoms with Crippen LogP contribution in [0.25, 0.3) is 0 Å². The molecule has 0 saturated heterocycles. The first-order chi connectivity index (χ1) is 5.16. The Labute approximate surface area is 65.3 Å². The predicted octanol–water partition coefficient (Wildman–Crippen LogP) is 0.430. The average Bonchev–Trinajstić information content (AvgIpc) is 1.97. The second kappa shape index (κ2) is 5.30. The molecule has 4 nitrogen and oxygen atoms in total. The number of nitriles is 1. The molecule has 4 heteroatoms. The Morgan fingerprint density at radius 1 is 1.82 bits per heavy atom. The van der Waals surface area contributed by atoms with Crippen LogP contribution in [0.5, 0.6) is 0 Å². The molecule has 0 aliphatic rings. The van der Waals surface area contributed by atoms with Crippen LogP contribution in [0, 0.1) is 11.3 Å². The van der Waals surface area contributed by atoms with Crippen molar-refractivity contribution >= 4 is 5.97 Å². The van der Waals surface area contributed by atoms with E-state index < -0.39 is 5.97 Å². The fourth-order valence-electron chi connectivity index (χ4n) is 0.492. The Morgan fingerprint density at radius 3 is 2.91 bits per heavy atom. The van der Waals surface area contributed by atoms with Gasteiger partial charge in [0.1, 0.15) is 0 Å². The molecule has 0 unspecified atom stereocenters. The van der Waals surface area contributed by atoms with Crippen molar-refractivity contribution in [3.05, 3.63) is 12.3 Å². The highest BCUT2D eigenvalue weighted by molar-refractivity contribution is 5.79. The number of carboxylic acids is 1. The smallest absolute Gasteiger partial charge is 0.329 e. The molecule has 60 valence electrons. The lowest BCUT2D eigenvalue weighted by Crippen LogP contribution is -2.12. The second-order valence-electron chi connectivity index (χ2n) is 2.04. The molecule has 0 aliphatic carbocycles. The highest BCUT2D eigenvalue weighted by atomic mass is 16.4. The van der Waals surface area contributed by atoms with Crippen LogP contribution >= 0.6 is 0 Å². The first-order valence-electron chi connectivity index (χ1n) is 3.15. The first-order valence-corrected chi connectivity index (χ1v) is 3.15. The van der Waals surface area contributed by atoms with Gasteiger partial charge < -0.3 is 10.0 Å². The summed E-state index contributed by atoms with van der Waals surface area (Å²) in [5.41, 5.74) is 0.